The average molecular weight is 429 g/mol. The van der Waals surface area contributed by atoms with E-state index in [-0.39, 0.29) is 38.4 Å². The van der Waals surface area contributed by atoms with Gasteiger partial charge in [-0.3, -0.25) is 9.59 Å². The zero-order valence-electron chi connectivity index (χ0n) is 18.4. The number of esters is 2. The standard InChI is InChI=1S/C24H32N2O5/c1-25(21-9-5-3-6-10-21)15-13-23(27)30-19-17-29-18-20-31-24(28)14-16-26(2)22-11-7-4-8-12-22/h3-12H,13-20H2,1-2H3. The molecule has 0 aliphatic rings. The van der Waals surface area contributed by atoms with E-state index in [9.17, 15) is 9.59 Å². The van der Waals surface area contributed by atoms with Crippen LogP contribution < -0.4 is 9.80 Å². The first kappa shape index (κ1) is 24.2. The molecule has 0 saturated carbocycles. The Bertz CT molecular complexity index is 705. The summed E-state index contributed by atoms with van der Waals surface area (Å²) in [5, 5.41) is 0. The summed E-state index contributed by atoms with van der Waals surface area (Å²) in [6, 6.07) is 19.7. The Morgan fingerprint density at radius 1 is 0.645 bits per heavy atom. The number of hydrogen-bond donors (Lipinski definition) is 0. The average Bonchev–Trinajstić information content (AvgIpc) is 2.81. The second-order valence-corrected chi connectivity index (χ2v) is 7.07. The van der Waals surface area contributed by atoms with Gasteiger partial charge in [-0.1, -0.05) is 36.4 Å². The number of nitrogens with zero attached hydrogens (tertiary/aromatic N) is 2. The summed E-state index contributed by atoms with van der Waals surface area (Å²) in [7, 11) is 3.87. The molecule has 168 valence electrons. The Balaban J connectivity index is 1.44. The van der Waals surface area contributed by atoms with Gasteiger partial charge in [0.2, 0.25) is 0 Å². The monoisotopic (exact) mass is 428 g/mol. The van der Waals surface area contributed by atoms with Gasteiger partial charge in [-0.05, 0) is 24.3 Å². The van der Waals surface area contributed by atoms with Crippen molar-refractivity contribution in [3.63, 3.8) is 0 Å². The van der Waals surface area contributed by atoms with Crippen molar-refractivity contribution in [3.8, 4) is 0 Å². The van der Waals surface area contributed by atoms with Gasteiger partial charge in [0.25, 0.3) is 0 Å². The molecule has 0 unspecified atom stereocenters. The molecular formula is C24H32N2O5. The Morgan fingerprint density at radius 3 is 1.42 bits per heavy atom. The zero-order chi connectivity index (χ0) is 22.3. The van der Waals surface area contributed by atoms with Crippen LogP contribution in [0.1, 0.15) is 12.8 Å². The third-order valence-electron chi connectivity index (χ3n) is 4.68. The molecule has 0 fully saturated rings. The minimum absolute atomic E-state index is 0.184. The highest BCUT2D eigenvalue weighted by molar-refractivity contribution is 5.70. The van der Waals surface area contributed by atoms with Crippen LogP contribution in [0.5, 0.6) is 0 Å². The van der Waals surface area contributed by atoms with E-state index in [0.717, 1.165) is 11.4 Å². The molecule has 2 rings (SSSR count). The highest BCUT2D eigenvalue weighted by atomic mass is 16.6. The van der Waals surface area contributed by atoms with Crippen molar-refractivity contribution in [1.82, 2.24) is 0 Å². The van der Waals surface area contributed by atoms with Crippen LogP contribution in [0.15, 0.2) is 60.7 Å². The third-order valence-corrected chi connectivity index (χ3v) is 4.68. The maximum Gasteiger partial charge on any atom is 0.307 e. The molecule has 31 heavy (non-hydrogen) atoms. The number of carbonyl (C=O) groups excluding carboxylic acids is 2. The SMILES string of the molecule is CN(CCC(=O)OCCOCCOC(=O)CCN(C)c1ccccc1)c1ccccc1. The van der Waals surface area contributed by atoms with E-state index in [1.54, 1.807) is 0 Å². The van der Waals surface area contributed by atoms with E-state index in [2.05, 4.69) is 0 Å². The Labute approximate surface area is 184 Å². The maximum atomic E-state index is 11.8. The molecular weight excluding hydrogens is 396 g/mol. The fourth-order valence-electron chi connectivity index (χ4n) is 2.82. The Hall–Kier alpha value is -3.06. The van der Waals surface area contributed by atoms with E-state index < -0.39 is 0 Å². The molecule has 0 aliphatic carbocycles. The molecule has 0 bridgehead atoms. The third kappa shape index (κ3) is 10.00. The van der Waals surface area contributed by atoms with Gasteiger partial charge >= 0.3 is 11.9 Å². The predicted molar refractivity (Wildman–Crippen MR) is 121 cm³/mol. The van der Waals surface area contributed by atoms with Crippen molar-refractivity contribution < 1.29 is 23.8 Å². The van der Waals surface area contributed by atoms with E-state index >= 15 is 0 Å². The lowest BCUT2D eigenvalue weighted by Crippen LogP contribution is -2.23. The summed E-state index contributed by atoms with van der Waals surface area (Å²) in [6.45, 7) is 2.08. The number of hydrogen-bond acceptors (Lipinski definition) is 7. The van der Waals surface area contributed by atoms with Crippen LogP contribution >= 0.6 is 0 Å². The van der Waals surface area contributed by atoms with Crippen LogP contribution in [0.2, 0.25) is 0 Å². The molecule has 0 atom stereocenters. The highest BCUT2D eigenvalue weighted by Gasteiger charge is 2.08. The maximum absolute atomic E-state index is 11.8. The van der Waals surface area contributed by atoms with Crippen molar-refractivity contribution >= 4 is 23.3 Å². The first-order valence-corrected chi connectivity index (χ1v) is 10.5. The summed E-state index contributed by atoms with van der Waals surface area (Å²) < 4.78 is 15.7. The molecule has 0 spiro atoms. The van der Waals surface area contributed by atoms with Gasteiger partial charge < -0.3 is 24.0 Å². The molecule has 0 radical (unpaired) electrons. The second kappa shape index (κ2) is 14.0. The smallest absolute Gasteiger partial charge is 0.307 e. The van der Waals surface area contributed by atoms with Gasteiger partial charge in [0.1, 0.15) is 13.2 Å². The van der Waals surface area contributed by atoms with Crippen LogP contribution in [0.25, 0.3) is 0 Å². The van der Waals surface area contributed by atoms with Crippen LogP contribution in [0.3, 0.4) is 0 Å². The van der Waals surface area contributed by atoms with Gasteiger partial charge in [-0.2, -0.15) is 0 Å². The molecule has 0 aromatic heterocycles. The zero-order valence-corrected chi connectivity index (χ0v) is 18.4. The van der Waals surface area contributed by atoms with Crippen LogP contribution in [-0.4, -0.2) is 65.6 Å². The molecule has 2 aromatic rings. The summed E-state index contributed by atoms with van der Waals surface area (Å²) in [5.41, 5.74) is 2.11. The van der Waals surface area contributed by atoms with E-state index in [1.165, 1.54) is 0 Å². The summed E-state index contributed by atoms with van der Waals surface area (Å²) in [4.78, 5) is 27.6. The minimum Gasteiger partial charge on any atom is -0.463 e. The van der Waals surface area contributed by atoms with Crippen molar-refractivity contribution in [1.29, 1.82) is 0 Å². The largest absolute Gasteiger partial charge is 0.463 e. The number of para-hydroxylation sites is 2. The first-order chi connectivity index (χ1) is 15.1. The quantitative estimate of drug-likeness (QED) is 0.338. The lowest BCUT2D eigenvalue weighted by Gasteiger charge is -2.18. The van der Waals surface area contributed by atoms with Gasteiger partial charge in [0, 0.05) is 38.6 Å². The van der Waals surface area contributed by atoms with Crippen molar-refractivity contribution in [3.05, 3.63) is 60.7 Å². The number of rotatable bonds is 14. The molecule has 0 saturated heterocycles. The topological polar surface area (TPSA) is 68.3 Å². The molecule has 7 heteroatoms. The summed E-state index contributed by atoms with van der Waals surface area (Å²) in [5.74, 6) is -0.527. The predicted octanol–water partition coefficient (Wildman–Crippen LogP) is 3.14. The fraction of sp³-hybridized carbons (Fsp3) is 0.417. The Kier molecular flexibility index (Phi) is 11.0. The number of anilines is 2. The first-order valence-electron chi connectivity index (χ1n) is 10.5. The van der Waals surface area contributed by atoms with Gasteiger partial charge in [0.05, 0.1) is 26.1 Å². The molecule has 0 amide bonds. The van der Waals surface area contributed by atoms with Crippen molar-refractivity contribution in [2.45, 2.75) is 12.8 Å². The van der Waals surface area contributed by atoms with Crippen LogP contribution in [0.4, 0.5) is 11.4 Å². The lowest BCUT2D eigenvalue weighted by atomic mass is 10.3. The normalized spacial score (nSPS) is 10.4. The van der Waals surface area contributed by atoms with Gasteiger partial charge in [-0.25, -0.2) is 0 Å². The van der Waals surface area contributed by atoms with Gasteiger partial charge in [0.15, 0.2) is 0 Å². The number of benzene rings is 2. The van der Waals surface area contributed by atoms with E-state index in [4.69, 9.17) is 14.2 Å². The van der Waals surface area contributed by atoms with Crippen molar-refractivity contribution in [2.75, 3.05) is 63.4 Å². The van der Waals surface area contributed by atoms with Crippen LogP contribution in [0, 0.1) is 0 Å². The Morgan fingerprint density at radius 2 is 1.03 bits per heavy atom. The lowest BCUT2D eigenvalue weighted by molar-refractivity contribution is -0.146. The minimum atomic E-state index is -0.264. The molecule has 2 aromatic carbocycles. The fourth-order valence-corrected chi connectivity index (χ4v) is 2.82. The van der Waals surface area contributed by atoms with Crippen molar-refractivity contribution in [2.24, 2.45) is 0 Å². The molecule has 7 nitrogen and oxygen atoms in total. The van der Waals surface area contributed by atoms with Gasteiger partial charge in [-0.15, -0.1) is 0 Å². The number of ether oxygens (including phenoxy) is 3. The molecule has 0 heterocycles. The summed E-state index contributed by atoms with van der Waals surface area (Å²) >= 11 is 0. The van der Waals surface area contributed by atoms with Crippen LogP contribution in [-0.2, 0) is 23.8 Å². The van der Waals surface area contributed by atoms with E-state index in [0.29, 0.717) is 25.9 Å². The summed E-state index contributed by atoms with van der Waals surface area (Å²) in [6.07, 6.45) is 0.612. The number of carbonyl (C=O) groups is 2. The van der Waals surface area contributed by atoms with E-state index in [1.807, 2.05) is 84.6 Å². The molecule has 0 aliphatic heterocycles. The highest BCUT2D eigenvalue weighted by Crippen LogP contribution is 2.12. The molecule has 0 N–H and O–H groups in total. The second-order valence-electron chi connectivity index (χ2n) is 7.07.